The summed E-state index contributed by atoms with van der Waals surface area (Å²) in [5.74, 6) is -0.525. The third kappa shape index (κ3) is 3.71. The normalized spacial score (nSPS) is 11.8. The van der Waals surface area contributed by atoms with E-state index in [0.29, 0.717) is 28.4 Å². The van der Waals surface area contributed by atoms with Gasteiger partial charge in [-0.15, -0.1) is 0 Å². The minimum absolute atomic E-state index is 0.149. The van der Waals surface area contributed by atoms with Gasteiger partial charge in [0.05, 0.1) is 17.5 Å². The number of carbonyl (C=O) groups is 2. The van der Waals surface area contributed by atoms with Crippen LogP contribution in [0.3, 0.4) is 0 Å². The fourth-order valence-corrected chi connectivity index (χ4v) is 2.38. The van der Waals surface area contributed by atoms with E-state index in [1.165, 1.54) is 6.20 Å². The molecule has 0 spiro atoms. The average Bonchev–Trinajstić information content (AvgIpc) is 3.03. The lowest BCUT2D eigenvalue weighted by atomic mass is 10.1. The van der Waals surface area contributed by atoms with Gasteiger partial charge in [-0.05, 0) is 19.9 Å². The van der Waals surface area contributed by atoms with Crippen molar-refractivity contribution in [3.8, 4) is 11.3 Å². The summed E-state index contributed by atoms with van der Waals surface area (Å²) in [5.41, 5.74) is 1.55. The fraction of sp³-hybridized carbons (Fsp3) is 0.312. The van der Waals surface area contributed by atoms with Gasteiger partial charge in [-0.3, -0.25) is 14.7 Å². The molecular formula is C16H19ClN4O2. The van der Waals surface area contributed by atoms with Crippen LogP contribution >= 0.6 is 11.6 Å². The van der Waals surface area contributed by atoms with Crippen molar-refractivity contribution in [2.45, 2.75) is 19.9 Å². The van der Waals surface area contributed by atoms with E-state index in [1.54, 1.807) is 31.0 Å². The Morgan fingerprint density at radius 3 is 2.74 bits per heavy atom. The van der Waals surface area contributed by atoms with E-state index in [4.69, 9.17) is 11.6 Å². The molecular weight excluding hydrogens is 316 g/mol. The fourth-order valence-electron chi connectivity index (χ4n) is 2.15. The molecule has 0 aliphatic carbocycles. The van der Waals surface area contributed by atoms with Crippen molar-refractivity contribution in [1.29, 1.82) is 0 Å². The highest BCUT2D eigenvalue weighted by molar-refractivity contribution is 6.33. The van der Waals surface area contributed by atoms with Crippen molar-refractivity contribution < 1.29 is 9.59 Å². The number of hydrogen-bond acceptors (Lipinski definition) is 3. The maximum Gasteiger partial charge on any atom is 0.255 e. The van der Waals surface area contributed by atoms with Crippen molar-refractivity contribution >= 4 is 23.4 Å². The molecule has 0 fully saturated rings. The maximum absolute atomic E-state index is 12.5. The molecule has 7 heteroatoms. The van der Waals surface area contributed by atoms with Crippen LogP contribution in [0.4, 0.5) is 0 Å². The molecule has 2 rings (SSSR count). The van der Waals surface area contributed by atoms with Crippen LogP contribution in [0.2, 0.25) is 5.02 Å². The number of rotatable bonds is 5. The van der Waals surface area contributed by atoms with E-state index < -0.39 is 6.04 Å². The Morgan fingerprint density at radius 1 is 1.39 bits per heavy atom. The van der Waals surface area contributed by atoms with Crippen LogP contribution < -0.4 is 5.32 Å². The zero-order valence-electron chi connectivity index (χ0n) is 13.3. The minimum Gasteiger partial charge on any atom is -0.344 e. The van der Waals surface area contributed by atoms with Crippen molar-refractivity contribution in [2.24, 2.45) is 0 Å². The Balaban J connectivity index is 2.21. The van der Waals surface area contributed by atoms with E-state index in [0.717, 1.165) is 0 Å². The number of H-pyrrole nitrogens is 1. The SMILES string of the molecule is CCN(C)C(=O)C(C)NC(=O)c1cn[nH]c1-c1ccccc1Cl. The molecule has 1 unspecified atom stereocenters. The van der Waals surface area contributed by atoms with Gasteiger partial charge in [0.15, 0.2) is 0 Å². The second-order valence-corrected chi connectivity index (χ2v) is 5.59. The molecule has 1 aromatic heterocycles. The zero-order chi connectivity index (χ0) is 17.0. The second kappa shape index (κ2) is 7.28. The first-order valence-corrected chi connectivity index (χ1v) is 7.67. The molecule has 2 aromatic rings. The van der Waals surface area contributed by atoms with Crippen LogP contribution in [0.25, 0.3) is 11.3 Å². The number of nitrogens with zero attached hydrogens (tertiary/aromatic N) is 2. The molecule has 23 heavy (non-hydrogen) atoms. The molecule has 0 bridgehead atoms. The van der Waals surface area contributed by atoms with E-state index in [2.05, 4.69) is 15.5 Å². The summed E-state index contributed by atoms with van der Waals surface area (Å²) in [7, 11) is 1.69. The molecule has 6 nitrogen and oxygen atoms in total. The highest BCUT2D eigenvalue weighted by Gasteiger charge is 2.22. The molecule has 0 aliphatic heterocycles. The largest absolute Gasteiger partial charge is 0.344 e. The second-order valence-electron chi connectivity index (χ2n) is 5.19. The van der Waals surface area contributed by atoms with Crippen LogP contribution in [-0.4, -0.2) is 46.5 Å². The number of likely N-dealkylation sites (N-methyl/N-ethyl adjacent to an activating group) is 1. The van der Waals surface area contributed by atoms with Crippen LogP contribution in [0.1, 0.15) is 24.2 Å². The molecule has 0 radical (unpaired) electrons. The summed E-state index contributed by atoms with van der Waals surface area (Å²) in [6.45, 7) is 4.11. The van der Waals surface area contributed by atoms with E-state index in [-0.39, 0.29) is 11.8 Å². The third-order valence-corrected chi connectivity index (χ3v) is 3.93. The van der Waals surface area contributed by atoms with Crippen molar-refractivity contribution in [3.63, 3.8) is 0 Å². The topological polar surface area (TPSA) is 78.1 Å². The van der Waals surface area contributed by atoms with Crippen LogP contribution in [-0.2, 0) is 4.79 Å². The summed E-state index contributed by atoms with van der Waals surface area (Å²) in [6, 6.07) is 6.55. The maximum atomic E-state index is 12.5. The van der Waals surface area contributed by atoms with Crippen molar-refractivity contribution in [2.75, 3.05) is 13.6 Å². The number of carbonyl (C=O) groups excluding carboxylic acids is 2. The van der Waals surface area contributed by atoms with Crippen molar-refractivity contribution in [1.82, 2.24) is 20.4 Å². The summed E-state index contributed by atoms with van der Waals surface area (Å²) >= 11 is 6.17. The first-order valence-electron chi connectivity index (χ1n) is 7.29. The highest BCUT2D eigenvalue weighted by Crippen LogP contribution is 2.28. The summed E-state index contributed by atoms with van der Waals surface area (Å²) in [6.07, 6.45) is 1.43. The predicted octanol–water partition coefficient (Wildman–Crippen LogP) is 2.33. The Bertz CT molecular complexity index is 714. The number of nitrogens with one attached hydrogen (secondary N) is 2. The lowest BCUT2D eigenvalue weighted by molar-refractivity contribution is -0.131. The molecule has 1 atom stereocenters. The van der Waals surface area contributed by atoms with Gasteiger partial charge >= 0.3 is 0 Å². The molecule has 2 N–H and O–H groups in total. The first kappa shape index (κ1) is 17.0. The quantitative estimate of drug-likeness (QED) is 0.880. The lowest BCUT2D eigenvalue weighted by Gasteiger charge is -2.20. The Hall–Kier alpha value is -2.34. The van der Waals surface area contributed by atoms with Gasteiger partial charge in [0, 0.05) is 24.2 Å². The van der Waals surface area contributed by atoms with Gasteiger partial charge in [-0.2, -0.15) is 5.10 Å². The molecule has 1 aromatic carbocycles. The molecule has 0 saturated heterocycles. The van der Waals surface area contributed by atoms with Gasteiger partial charge in [-0.25, -0.2) is 0 Å². The predicted molar refractivity (Wildman–Crippen MR) is 89.3 cm³/mol. The number of aromatic nitrogens is 2. The standard InChI is InChI=1S/C16H19ClN4O2/c1-4-21(3)16(23)10(2)19-15(22)12-9-18-20-14(12)11-7-5-6-8-13(11)17/h5-10H,4H2,1-3H3,(H,18,20)(H,19,22). The lowest BCUT2D eigenvalue weighted by Crippen LogP contribution is -2.45. The number of aromatic amines is 1. The van der Waals surface area contributed by atoms with Gasteiger partial charge in [-0.1, -0.05) is 29.8 Å². The minimum atomic E-state index is -0.624. The summed E-state index contributed by atoms with van der Waals surface area (Å²) in [5, 5.41) is 9.92. The summed E-state index contributed by atoms with van der Waals surface area (Å²) < 4.78 is 0. The van der Waals surface area contributed by atoms with Gasteiger partial charge < -0.3 is 10.2 Å². The summed E-state index contributed by atoms with van der Waals surface area (Å²) in [4.78, 5) is 26.1. The molecule has 0 aliphatic rings. The monoisotopic (exact) mass is 334 g/mol. The zero-order valence-corrected chi connectivity index (χ0v) is 14.0. The molecule has 2 amide bonds. The highest BCUT2D eigenvalue weighted by atomic mass is 35.5. The first-order chi connectivity index (χ1) is 11.0. The van der Waals surface area contributed by atoms with Crippen LogP contribution in [0, 0.1) is 0 Å². The van der Waals surface area contributed by atoms with E-state index in [1.807, 2.05) is 19.1 Å². The Labute approximate surface area is 139 Å². The Kier molecular flexibility index (Phi) is 5.39. The number of amides is 2. The third-order valence-electron chi connectivity index (χ3n) is 3.60. The number of hydrogen-bond donors (Lipinski definition) is 2. The van der Waals surface area contributed by atoms with Crippen molar-refractivity contribution in [3.05, 3.63) is 41.0 Å². The van der Waals surface area contributed by atoms with E-state index in [9.17, 15) is 9.59 Å². The van der Waals surface area contributed by atoms with E-state index >= 15 is 0 Å². The molecule has 1 heterocycles. The smallest absolute Gasteiger partial charge is 0.255 e. The molecule has 122 valence electrons. The van der Waals surface area contributed by atoms with Crippen LogP contribution in [0.15, 0.2) is 30.5 Å². The number of benzene rings is 1. The van der Waals surface area contributed by atoms with Crippen LogP contribution in [0.5, 0.6) is 0 Å². The average molecular weight is 335 g/mol. The Morgan fingerprint density at radius 2 is 2.09 bits per heavy atom. The van der Waals surface area contributed by atoms with Gasteiger partial charge in [0.1, 0.15) is 6.04 Å². The number of halogens is 1. The van der Waals surface area contributed by atoms with Gasteiger partial charge in [0.25, 0.3) is 5.91 Å². The molecule has 0 saturated carbocycles. The van der Waals surface area contributed by atoms with Gasteiger partial charge in [0.2, 0.25) is 5.91 Å².